The molecule has 27 heavy (non-hydrogen) atoms. The Hall–Kier alpha value is -2.75. The molecule has 0 unspecified atom stereocenters. The minimum absolute atomic E-state index is 0.0873. The molecule has 2 aromatic carbocycles. The lowest BCUT2D eigenvalue weighted by molar-refractivity contribution is 0.141. The zero-order valence-corrected chi connectivity index (χ0v) is 14.4. The molecule has 0 aliphatic rings. The van der Waals surface area contributed by atoms with E-state index in [1.165, 1.54) is 12.1 Å². The van der Waals surface area contributed by atoms with Crippen LogP contribution in [0.2, 0.25) is 0 Å². The highest BCUT2D eigenvalue weighted by Crippen LogP contribution is 2.35. The van der Waals surface area contributed by atoms with Crippen molar-refractivity contribution in [3.8, 4) is 22.5 Å². The van der Waals surface area contributed by atoms with Gasteiger partial charge < -0.3 is 4.98 Å². The van der Waals surface area contributed by atoms with Crippen molar-refractivity contribution in [2.75, 3.05) is 6.26 Å². The molecule has 0 atom stereocenters. The maximum Gasteiger partial charge on any atom is 0.295 e. The Kier molecular flexibility index (Phi) is 4.77. The van der Waals surface area contributed by atoms with Gasteiger partial charge in [0.25, 0.3) is 6.43 Å². The van der Waals surface area contributed by atoms with E-state index < -0.39 is 44.4 Å². The van der Waals surface area contributed by atoms with Crippen LogP contribution in [0.4, 0.5) is 22.0 Å². The number of benzene rings is 2. The van der Waals surface area contributed by atoms with Crippen LogP contribution in [-0.4, -0.2) is 24.6 Å². The van der Waals surface area contributed by atoms with Gasteiger partial charge in [0.1, 0.15) is 22.3 Å². The summed E-state index contributed by atoms with van der Waals surface area (Å²) in [5.41, 5.74) is -0.512. The average molecular weight is 402 g/mol. The number of alkyl halides is 2. The Morgan fingerprint density at radius 1 is 1.00 bits per heavy atom. The quantitative estimate of drug-likeness (QED) is 0.654. The molecule has 0 spiro atoms. The summed E-state index contributed by atoms with van der Waals surface area (Å²) in [6, 6.07) is 6.23. The van der Waals surface area contributed by atoms with Crippen LogP contribution < -0.4 is 0 Å². The molecule has 0 radical (unpaired) electrons. The minimum atomic E-state index is -4.19. The third kappa shape index (κ3) is 3.70. The normalized spacial score (nSPS) is 12.0. The largest absolute Gasteiger partial charge is 0.337 e. The Balaban J connectivity index is 2.26. The lowest BCUT2D eigenvalue weighted by Crippen LogP contribution is -2.05. The number of hydrogen-bond donors (Lipinski definition) is 1. The van der Waals surface area contributed by atoms with E-state index in [0.29, 0.717) is 18.4 Å². The Morgan fingerprint density at radius 2 is 1.63 bits per heavy atom. The third-order valence-corrected chi connectivity index (χ3v) is 4.82. The van der Waals surface area contributed by atoms with Crippen LogP contribution in [0.25, 0.3) is 22.5 Å². The first kappa shape index (κ1) is 19.0. The van der Waals surface area contributed by atoms with Crippen LogP contribution in [0.1, 0.15) is 12.2 Å². The van der Waals surface area contributed by atoms with Gasteiger partial charge in [0, 0.05) is 17.4 Å². The van der Waals surface area contributed by atoms with Crippen LogP contribution in [0.5, 0.6) is 0 Å². The van der Waals surface area contributed by atoms with E-state index in [1.54, 1.807) is 0 Å². The molecule has 0 bridgehead atoms. The van der Waals surface area contributed by atoms with Crippen molar-refractivity contribution in [3.05, 3.63) is 59.7 Å². The summed E-state index contributed by atoms with van der Waals surface area (Å²) in [5, 5.41) is 0. The second-order valence-electron chi connectivity index (χ2n) is 5.70. The fraction of sp³-hybridized carbons (Fsp3) is 0.118. The summed E-state index contributed by atoms with van der Waals surface area (Å²) in [6.45, 7) is 0. The summed E-state index contributed by atoms with van der Waals surface area (Å²) in [7, 11) is -4.19. The Bertz CT molecular complexity index is 1100. The highest BCUT2D eigenvalue weighted by molar-refractivity contribution is 7.90. The van der Waals surface area contributed by atoms with Gasteiger partial charge in [0.05, 0.1) is 11.4 Å². The molecule has 4 nitrogen and oxygen atoms in total. The molecule has 1 N–H and O–H groups in total. The van der Waals surface area contributed by atoms with Crippen LogP contribution in [0, 0.1) is 17.5 Å². The van der Waals surface area contributed by atoms with E-state index in [1.807, 2.05) is 0 Å². The second kappa shape index (κ2) is 6.76. The SMILES string of the molecule is CS(=O)(=O)c1c(F)cc(-c2nc(C(F)F)[nH]c2-c2cccc(F)c2)cc1F. The van der Waals surface area contributed by atoms with Gasteiger partial charge in [0.15, 0.2) is 15.7 Å². The van der Waals surface area contributed by atoms with Crippen molar-refractivity contribution in [1.82, 2.24) is 9.97 Å². The molecular weight excluding hydrogens is 391 g/mol. The minimum Gasteiger partial charge on any atom is -0.337 e. The molecule has 0 saturated heterocycles. The van der Waals surface area contributed by atoms with Gasteiger partial charge in [-0.2, -0.15) is 0 Å². The van der Waals surface area contributed by atoms with Gasteiger partial charge in [-0.15, -0.1) is 0 Å². The number of nitrogens with one attached hydrogen (secondary N) is 1. The summed E-state index contributed by atoms with van der Waals surface area (Å²) >= 11 is 0. The number of imidazole rings is 1. The van der Waals surface area contributed by atoms with E-state index in [4.69, 9.17) is 0 Å². The topological polar surface area (TPSA) is 62.8 Å². The van der Waals surface area contributed by atoms with Gasteiger partial charge in [-0.3, -0.25) is 0 Å². The van der Waals surface area contributed by atoms with Crippen molar-refractivity contribution in [2.45, 2.75) is 11.3 Å². The van der Waals surface area contributed by atoms with Gasteiger partial charge in [-0.1, -0.05) is 12.1 Å². The lowest BCUT2D eigenvalue weighted by Gasteiger charge is -2.07. The Morgan fingerprint density at radius 3 is 2.15 bits per heavy atom. The van der Waals surface area contributed by atoms with Gasteiger partial charge in [-0.25, -0.2) is 35.4 Å². The number of nitrogens with zero attached hydrogens (tertiary/aromatic N) is 1. The number of halogens is 5. The molecule has 0 aliphatic heterocycles. The number of hydrogen-bond acceptors (Lipinski definition) is 3. The monoisotopic (exact) mass is 402 g/mol. The van der Waals surface area contributed by atoms with E-state index in [-0.39, 0.29) is 22.5 Å². The van der Waals surface area contributed by atoms with Gasteiger partial charge >= 0.3 is 0 Å². The fourth-order valence-corrected chi connectivity index (χ4v) is 3.43. The number of sulfone groups is 1. The van der Waals surface area contributed by atoms with Gasteiger partial charge in [0.2, 0.25) is 0 Å². The molecule has 0 amide bonds. The molecular formula is C17H11F5N2O2S. The first-order valence-corrected chi connectivity index (χ1v) is 9.30. The van der Waals surface area contributed by atoms with Crippen LogP contribution >= 0.6 is 0 Å². The van der Waals surface area contributed by atoms with Crippen molar-refractivity contribution in [1.29, 1.82) is 0 Å². The molecule has 0 fully saturated rings. The first-order chi connectivity index (χ1) is 12.6. The molecule has 1 aromatic heterocycles. The van der Waals surface area contributed by atoms with Crippen LogP contribution in [0.15, 0.2) is 41.3 Å². The predicted molar refractivity (Wildman–Crippen MR) is 87.4 cm³/mol. The maximum absolute atomic E-state index is 14.2. The molecule has 0 saturated carbocycles. The van der Waals surface area contributed by atoms with Gasteiger partial charge in [-0.05, 0) is 24.3 Å². The summed E-state index contributed by atoms with van der Waals surface area (Å²) < 4.78 is 91.0. The van der Waals surface area contributed by atoms with Crippen LogP contribution in [-0.2, 0) is 9.84 Å². The van der Waals surface area contributed by atoms with Crippen molar-refractivity contribution < 1.29 is 30.4 Å². The number of aromatic amines is 1. The number of aromatic nitrogens is 2. The van der Waals surface area contributed by atoms with E-state index >= 15 is 0 Å². The maximum atomic E-state index is 14.2. The standard InChI is InChI=1S/C17H11F5N2O2S/c1-27(25,26)15-11(19)6-9(7-12(15)20)14-13(23-17(24-14)16(21)22)8-3-2-4-10(18)5-8/h2-7,16H,1H3,(H,23,24). The summed E-state index contributed by atoms with van der Waals surface area (Å²) in [4.78, 5) is 4.83. The molecule has 142 valence electrons. The lowest BCUT2D eigenvalue weighted by atomic mass is 10.0. The fourth-order valence-electron chi connectivity index (χ4n) is 2.61. The highest BCUT2D eigenvalue weighted by Gasteiger charge is 2.25. The molecule has 3 rings (SSSR count). The predicted octanol–water partition coefficient (Wildman–Crippen LogP) is 4.50. The molecule has 1 heterocycles. The number of H-pyrrole nitrogens is 1. The first-order valence-electron chi connectivity index (χ1n) is 7.41. The van der Waals surface area contributed by atoms with Crippen molar-refractivity contribution >= 4 is 9.84 Å². The Labute approximate surface area is 150 Å². The second-order valence-corrected chi connectivity index (χ2v) is 7.65. The molecule has 3 aromatic rings. The average Bonchev–Trinajstić information content (AvgIpc) is 2.98. The highest BCUT2D eigenvalue weighted by atomic mass is 32.2. The smallest absolute Gasteiger partial charge is 0.295 e. The summed E-state index contributed by atoms with van der Waals surface area (Å²) in [6.07, 6.45) is -2.38. The molecule has 10 heteroatoms. The zero-order valence-electron chi connectivity index (χ0n) is 13.6. The number of rotatable bonds is 4. The van der Waals surface area contributed by atoms with E-state index in [2.05, 4.69) is 9.97 Å². The zero-order chi connectivity index (χ0) is 19.9. The van der Waals surface area contributed by atoms with Crippen molar-refractivity contribution in [3.63, 3.8) is 0 Å². The van der Waals surface area contributed by atoms with Crippen LogP contribution in [0.3, 0.4) is 0 Å². The third-order valence-electron chi connectivity index (χ3n) is 3.68. The molecule has 0 aliphatic carbocycles. The summed E-state index contributed by atoms with van der Waals surface area (Å²) in [5.74, 6) is -4.22. The van der Waals surface area contributed by atoms with E-state index in [9.17, 15) is 30.4 Å². The van der Waals surface area contributed by atoms with E-state index in [0.717, 1.165) is 12.1 Å². The van der Waals surface area contributed by atoms with Crippen molar-refractivity contribution in [2.24, 2.45) is 0 Å².